The van der Waals surface area contributed by atoms with Crippen LogP contribution in [-0.4, -0.2) is 82.0 Å². The zero-order valence-corrected chi connectivity index (χ0v) is 17.1. The third-order valence-electron chi connectivity index (χ3n) is 5.23. The predicted molar refractivity (Wildman–Crippen MR) is 108 cm³/mol. The van der Waals surface area contributed by atoms with Gasteiger partial charge in [0.1, 0.15) is 29.6 Å². The maximum Gasteiger partial charge on any atom is 0.336 e. The highest BCUT2D eigenvalue weighted by molar-refractivity contribution is 5.82. The molecule has 174 valence electrons. The highest BCUT2D eigenvalue weighted by Gasteiger charge is 2.48. The Balaban J connectivity index is 1.97. The van der Waals surface area contributed by atoms with Crippen LogP contribution in [0.2, 0.25) is 0 Å². The largest absolute Gasteiger partial charge is 0.496 e. The van der Waals surface area contributed by atoms with Gasteiger partial charge in [0.05, 0.1) is 19.8 Å². The molecule has 1 aromatic carbocycles. The van der Waals surface area contributed by atoms with Crippen molar-refractivity contribution in [1.82, 2.24) is 0 Å². The third-order valence-corrected chi connectivity index (χ3v) is 5.23. The van der Waals surface area contributed by atoms with E-state index in [-0.39, 0.29) is 17.6 Å². The van der Waals surface area contributed by atoms with Crippen molar-refractivity contribution in [2.45, 2.75) is 43.2 Å². The van der Waals surface area contributed by atoms with Gasteiger partial charge in [0.15, 0.2) is 12.4 Å². The van der Waals surface area contributed by atoms with Gasteiger partial charge >= 0.3 is 11.6 Å². The maximum atomic E-state index is 11.8. The number of rotatable bonds is 8. The average molecular weight is 452 g/mol. The quantitative estimate of drug-likeness (QED) is 0.250. The molecular formula is C21H24O11. The summed E-state index contributed by atoms with van der Waals surface area (Å²) in [6.07, 6.45) is -10.2. The molecule has 0 aliphatic carbocycles. The van der Waals surface area contributed by atoms with Gasteiger partial charge in [0.2, 0.25) is 0 Å². The smallest absolute Gasteiger partial charge is 0.336 e. The van der Waals surface area contributed by atoms with Crippen molar-refractivity contribution in [3.8, 4) is 5.75 Å². The number of benzene rings is 1. The van der Waals surface area contributed by atoms with Crippen molar-refractivity contribution >= 4 is 16.9 Å². The van der Waals surface area contributed by atoms with Gasteiger partial charge in [-0.15, -0.1) is 0 Å². The molecule has 1 aromatic heterocycles. The number of hydrogen-bond acceptors (Lipinski definition) is 10. The van der Waals surface area contributed by atoms with Gasteiger partial charge in [-0.1, -0.05) is 6.58 Å². The molecule has 11 heteroatoms. The molecule has 1 aliphatic rings. The maximum absolute atomic E-state index is 11.8. The van der Waals surface area contributed by atoms with E-state index in [1.54, 1.807) is 18.2 Å². The van der Waals surface area contributed by atoms with Gasteiger partial charge in [-0.3, -0.25) is 0 Å². The van der Waals surface area contributed by atoms with E-state index >= 15 is 0 Å². The molecule has 32 heavy (non-hydrogen) atoms. The van der Waals surface area contributed by atoms with E-state index in [9.17, 15) is 35.1 Å². The second-order valence-electron chi connectivity index (χ2n) is 7.30. The number of hydrogen-bond donors (Lipinski definition) is 5. The molecule has 6 unspecified atom stereocenters. The molecule has 5 N–H and O–H groups in total. The second kappa shape index (κ2) is 9.77. The molecule has 2 aromatic rings. The van der Waals surface area contributed by atoms with Gasteiger partial charge in [-0.25, -0.2) is 9.59 Å². The van der Waals surface area contributed by atoms with Crippen LogP contribution in [0, 0.1) is 0 Å². The minimum Gasteiger partial charge on any atom is -0.496 e. The van der Waals surface area contributed by atoms with Gasteiger partial charge in [0, 0.05) is 23.4 Å². The van der Waals surface area contributed by atoms with Crippen LogP contribution in [-0.2, 0) is 20.7 Å². The SMILES string of the molecule is C=C(CO)C(Cc1c(OC)ccc2ccc(=O)oc12)OC1OC(C(=O)O)C(O)C(O)C1O. The van der Waals surface area contributed by atoms with Gasteiger partial charge < -0.3 is 44.2 Å². The third kappa shape index (κ3) is 4.67. The monoisotopic (exact) mass is 452 g/mol. The first-order valence-electron chi connectivity index (χ1n) is 9.64. The first kappa shape index (κ1) is 23.9. The number of carboxylic acids is 1. The van der Waals surface area contributed by atoms with Crippen LogP contribution in [0.5, 0.6) is 5.75 Å². The molecular weight excluding hydrogens is 428 g/mol. The number of carbonyl (C=O) groups is 1. The number of aliphatic hydroxyl groups is 4. The summed E-state index contributed by atoms with van der Waals surface area (Å²) >= 11 is 0. The Hall–Kier alpha value is -2.80. The van der Waals surface area contributed by atoms with Crippen molar-refractivity contribution in [3.05, 3.63) is 52.4 Å². The van der Waals surface area contributed by atoms with E-state index in [2.05, 4.69) is 6.58 Å². The lowest BCUT2D eigenvalue weighted by molar-refractivity contribution is -0.301. The van der Waals surface area contributed by atoms with E-state index in [0.29, 0.717) is 16.7 Å². The fraction of sp³-hybridized carbons (Fsp3) is 0.429. The summed E-state index contributed by atoms with van der Waals surface area (Å²) in [4.78, 5) is 23.1. The van der Waals surface area contributed by atoms with Crippen LogP contribution in [0.15, 0.2) is 45.6 Å². The average Bonchev–Trinajstić information content (AvgIpc) is 2.77. The number of ether oxygens (including phenoxy) is 3. The van der Waals surface area contributed by atoms with Crippen LogP contribution >= 0.6 is 0 Å². The molecule has 0 bridgehead atoms. The molecule has 2 heterocycles. The van der Waals surface area contributed by atoms with Crippen LogP contribution in [0.3, 0.4) is 0 Å². The Kier molecular flexibility index (Phi) is 7.29. The van der Waals surface area contributed by atoms with Crippen LogP contribution in [0.4, 0.5) is 0 Å². The topological polar surface area (TPSA) is 176 Å². The molecule has 6 atom stereocenters. The fourth-order valence-electron chi connectivity index (χ4n) is 3.46. The number of fused-ring (bicyclic) bond motifs is 1. The lowest BCUT2D eigenvalue weighted by atomic mass is 9.97. The summed E-state index contributed by atoms with van der Waals surface area (Å²) in [5.74, 6) is -1.22. The van der Waals surface area contributed by atoms with Crippen molar-refractivity contribution < 1.29 is 49.0 Å². The highest BCUT2D eigenvalue weighted by Crippen LogP contribution is 2.31. The Morgan fingerprint density at radius 3 is 2.47 bits per heavy atom. The minimum atomic E-state index is -1.88. The molecule has 3 rings (SSSR count). The Morgan fingerprint density at radius 2 is 1.84 bits per heavy atom. The van der Waals surface area contributed by atoms with Crippen molar-refractivity contribution in [2.24, 2.45) is 0 Å². The Morgan fingerprint density at radius 1 is 1.16 bits per heavy atom. The molecule has 0 amide bonds. The van der Waals surface area contributed by atoms with E-state index in [4.69, 9.17) is 18.6 Å². The zero-order chi connectivity index (χ0) is 23.6. The lowest BCUT2D eigenvalue weighted by Gasteiger charge is -2.40. The van der Waals surface area contributed by atoms with Gasteiger partial charge in [-0.05, 0) is 23.8 Å². The first-order chi connectivity index (χ1) is 15.2. The number of methoxy groups -OCH3 is 1. The molecule has 1 aliphatic heterocycles. The number of aliphatic hydroxyl groups excluding tert-OH is 4. The van der Waals surface area contributed by atoms with Gasteiger partial charge in [-0.2, -0.15) is 0 Å². The van der Waals surface area contributed by atoms with Gasteiger partial charge in [0.25, 0.3) is 0 Å². The summed E-state index contributed by atoms with van der Waals surface area (Å²) in [6.45, 7) is 3.20. The van der Waals surface area contributed by atoms with E-state index in [1.165, 1.54) is 13.2 Å². The van der Waals surface area contributed by atoms with Crippen molar-refractivity contribution in [1.29, 1.82) is 0 Å². The van der Waals surface area contributed by atoms with E-state index in [0.717, 1.165) is 0 Å². The van der Waals surface area contributed by atoms with Crippen LogP contribution < -0.4 is 10.4 Å². The Labute approximate surface area is 181 Å². The predicted octanol–water partition coefficient (Wildman–Crippen LogP) is -0.830. The van der Waals surface area contributed by atoms with Crippen molar-refractivity contribution in [2.75, 3.05) is 13.7 Å². The van der Waals surface area contributed by atoms with Crippen molar-refractivity contribution in [3.63, 3.8) is 0 Å². The normalized spacial score (nSPS) is 26.6. The van der Waals surface area contributed by atoms with E-state index in [1.807, 2.05) is 0 Å². The van der Waals surface area contributed by atoms with E-state index < -0.39 is 55.0 Å². The summed E-state index contributed by atoms with van der Waals surface area (Å²) in [6, 6.07) is 6.14. The number of aliphatic carboxylic acids is 1. The lowest BCUT2D eigenvalue weighted by Crippen LogP contribution is -2.61. The fourth-order valence-corrected chi connectivity index (χ4v) is 3.46. The molecule has 0 radical (unpaired) electrons. The number of carboxylic acid groups (broad SMARTS) is 1. The molecule has 0 spiro atoms. The van der Waals surface area contributed by atoms with Crippen LogP contribution in [0.25, 0.3) is 11.0 Å². The summed E-state index contributed by atoms with van der Waals surface area (Å²) in [5, 5.41) is 49.6. The summed E-state index contributed by atoms with van der Waals surface area (Å²) in [5.41, 5.74) is 0.131. The molecule has 1 saturated heterocycles. The van der Waals surface area contributed by atoms with Crippen LogP contribution in [0.1, 0.15) is 5.56 Å². The highest BCUT2D eigenvalue weighted by atomic mass is 16.7. The zero-order valence-electron chi connectivity index (χ0n) is 17.1. The molecule has 0 saturated carbocycles. The molecule has 1 fully saturated rings. The first-order valence-corrected chi connectivity index (χ1v) is 9.64. The molecule has 11 nitrogen and oxygen atoms in total. The summed E-state index contributed by atoms with van der Waals surface area (Å²) in [7, 11) is 1.41. The standard InChI is InChI=1S/C21H24O11/c1-9(8-22)13(30-21-17(26)15(24)16(25)19(32-21)20(27)28)7-11-12(29-2)5-3-10-4-6-14(23)31-18(10)11/h3-6,13,15-17,19,21-22,24-26H,1,7-8H2,2H3,(H,27,28). The minimum absolute atomic E-state index is 0.0736. The second-order valence-corrected chi connectivity index (χ2v) is 7.30. The summed E-state index contributed by atoms with van der Waals surface area (Å²) < 4.78 is 21.5. The Bertz CT molecular complexity index is 1050.